The Morgan fingerprint density at radius 1 is 1.29 bits per heavy atom. The number of hydrogen-bond acceptors (Lipinski definition) is 3. The Morgan fingerprint density at radius 3 is 2.47 bits per heavy atom. The molecule has 0 aromatic heterocycles. The average Bonchev–Trinajstić information content (AvgIpc) is 2.27. The predicted molar refractivity (Wildman–Crippen MR) is 66.5 cm³/mol. The summed E-state index contributed by atoms with van der Waals surface area (Å²) in [5.41, 5.74) is 1.10. The zero-order chi connectivity index (χ0) is 12.8. The van der Waals surface area contributed by atoms with E-state index in [-0.39, 0.29) is 11.9 Å². The molecule has 1 aromatic carbocycles. The molecule has 4 heteroatoms. The van der Waals surface area contributed by atoms with Crippen LogP contribution in [0.2, 0.25) is 0 Å². The molecule has 17 heavy (non-hydrogen) atoms. The van der Waals surface area contributed by atoms with Gasteiger partial charge in [-0.2, -0.15) is 0 Å². The maximum atomic E-state index is 10.9. The molecular weight excluding hydrogens is 218 g/mol. The maximum absolute atomic E-state index is 10.9. The van der Waals surface area contributed by atoms with Gasteiger partial charge in [-0.05, 0) is 31.0 Å². The van der Waals surface area contributed by atoms with Crippen molar-refractivity contribution < 1.29 is 14.3 Å². The second-order valence-electron chi connectivity index (χ2n) is 4.00. The van der Waals surface area contributed by atoms with Gasteiger partial charge < -0.3 is 14.8 Å². The number of amides is 1. The molecule has 0 aliphatic carbocycles. The fraction of sp³-hybridized carbons (Fsp3) is 0.462. The van der Waals surface area contributed by atoms with Crippen molar-refractivity contribution in [2.75, 3.05) is 14.2 Å². The summed E-state index contributed by atoms with van der Waals surface area (Å²) in [6.45, 7) is 3.49. The Bertz CT molecular complexity index is 390. The lowest BCUT2D eigenvalue weighted by Crippen LogP contribution is -2.31. The lowest BCUT2D eigenvalue weighted by molar-refractivity contribution is -0.119. The molecule has 0 spiro atoms. The molecule has 0 saturated carbocycles. The van der Waals surface area contributed by atoms with Crippen LogP contribution in [0, 0.1) is 0 Å². The Morgan fingerprint density at radius 2 is 1.94 bits per heavy atom. The minimum atomic E-state index is -0.0158. The number of rotatable bonds is 5. The fourth-order valence-electron chi connectivity index (χ4n) is 1.76. The summed E-state index contributed by atoms with van der Waals surface area (Å²) in [6.07, 6.45) is 0.764. The Kier molecular flexibility index (Phi) is 4.82. The van der Waals surface area contributed by atoms with Crippen LogP contribution in [0.4, 0.5) is 0 Å². The number of carbonyl (C=O) groups excluding carboxylic acids is 1. The summed E-state index contributed by atoms with van der Waals surface area (Å²) < 4.78 is 10.4. The van der Waals surface area contributed by atoms with Gasteiger partial charge in [0.25, 0.3) is 0 Å². The molecule has 0 bridgehead atoms. The van der Waals surface area contributed by atoms with E-state index in [0.717, 1.165) is 12.0 Å². The lowest BCUT2D eigenvalue weighted by atomic mass is 10.1. The molecule has 0 aliphatic rings. The second kappa shape index (κ2) is 6.13. The summed E-state index contributed by atoms with van der Waals surface area (Å²) in [6, 6.07) is 5.87. The first kappa shape index (κ1) is 13.4. The highest BCUT2D eigenvalue weighted by Gasteiger charge is 2.08. The third kappa shape index (κ3) is 3.98. The van der Waals surface area contributed by atoms with Gasteiger partial charge in [-0.1, -0.05) is 6.07 Å². The van der Waals surface area contributed by atoms with E-state index in [0.29, 0.717) is 11.5 Å². The van der Waals surface area contributed by atoms with E-state index in [2.05, 4.69) is 5.32 Å². The highest BCUT2D eigenvalue weighted by atomic mass is 16.5. The molecule has 0 saturated heterocycles. The monoisotopic (exact) mass is 237 g/mol. The molecule has 0 heterocycles. The Hall–Kier alpha value is -1.71. The van der Waals surface area contributed by atoms with E-state index in [1.807, 2.05) is 25.1 Å². The van der Waals surface area contributed by atoms with Crippen LogP contribution in [0.3, 0.4) is 0 Å². The molecule has 1 amide bonds. The topological polar surface area (TPSA) is 47.6 Å². The number of ether oxygens (including phenoxy) is 2. The number of carbonyl (C=O) groups is 1. The fourth-order valence-corrected chi connectivity index (χ4v) is 1.76. The van der Waals surface area contributed by atoms with Crippen LogP contribution in [0.15, 0.2) is 18.2 Å². The summed E-state index contributed by atoms with van der Waals surface area (Å²) in [7, 11) is 3.22. The Labute approximate surface area is 102 Å². The first-order valence-corrected chi connectivity index (χ1v) is 5.54. The van der Waals surface area contributed by atoms with Crippen LogP contribution in [0.1, 0.15) is 19.4 Å². The largest absolute Gasteiger partial charge is 0.493 e. The maximum Gasteiger partial charge on any atom is 0.217 e. The molecule has 4 nitrogen and oxygen atoms in total. The summed E-state index contributed by atoms with van der Waals surface area (Å²) in [5, 5.41) is 2.85. The first-order chi connectivity index (χ1) is 8.06. The van der Waals surface area contributed by atoms with Gasteiger partial charge in [0.15, 0.2) is 11.5 Å². The summed E-state index contributed by atoms with van der Waals surface area (Å²) in [5.74, 6) is 1.40. The van der Waals surface area contributed by atoms with E-state index in [4.69, 9.17) is 9.47 Å². The normalized spacial score (nSPS) is 11.8. The van der Waals surface area contributed by atoms with Gasteiger partial charge in [0, 0.05) is 13.0 Å². The van der Waals surface area contributed by atoms with Crippen LogP contribution in [0.5, 0.6) is 11.5 Å². The van der Waals surface area contributed by atoms with Crippen LogP contribution >= 0.6 is 0 Å². The van der Waals surface area contributed by atoms with Crippen LogP contribution in [-0.2, 0) is 11.2 Å². The molecule has 0 fully saturated rings. The Balaban J connectivity index is 2.75. The van der Waals surface area contributed by atoms with E-state index < -0.39 is 0 Å². The molecule has 1 rings (SSSR count). The van der Waals surface area contributed by atoms with E-state index >= 15 is 0 Å². The highest BCUT2D eigenvalue weighted by Crippen LogP contribution is 2.27. The summed E-state index contributed by atoms with van der Waals surface area (Å²) in [4.78, 5) is 10.9. The minimum absolute atomic E-state index is 0.0158. The standard InChI is InChI=1S/C13H19NO3/c1-9(14-10(2)15)7-11-5-6-12(16-3)13(8-11)17-4/h5-6,8-9H,7H2,1-4H3,(H,14,15)/t9-/m0/s1. The molecule has 1 aromatic rings. The van der Waals surface area contributed by atoms with Crippen molar-refractivity contribution in [3.63, 3.8) is 0 Å². The van der Waals surface area contributed by atoms with Crippen LogP contribution in [-0.4, -0.2) is 26.2 Å². The van der Waals surface area contributed by atoms with E-state index in [1.165, 1.54) is 6.92 Å². The van der Waals surface area contributed by atoms with Crippen molar-refractivity contribution in [1.29, 1.82) is 0 Å². The minimum Gasteiger partial charge on any atom is -0.493 e. The van der Waals surface area contributed by atoms with Crippen molar-refractivity contribution in [3.05, 3.63) is 23.8 Å². The quantitative estimate of drug-likeness (QED) is 0.849. The number of nitrogens with one attached hydrogen (secondary N) is 1. The molecule has 0 aliphatic heterocycles. The lowest BCUT2D eigenvalue weighted by Gasteiger charge is -2.14. The van der Waals surface area contributed by atoms with Gasteiger partial charge in [-0.3, -0.25) is 4.79 Å². The van der Waals surface area contributed by atoms with Crippen molar-refractivity contribution in [3.8, 4) is 11.5 Å². The number of methoxy groups -OCH3 is 2. The average molecular weight is 237 g/mol. The number of benzene rings is 1. The van der Waals surface area contributed by atoms with Crippen molar-refractivity contribution >= 4 is 5.91 Å². The smallest absolute Gasteiger partial charge is 0.217 e. The van der Waals surface area contributed by atoms with E-state index in [1.54, 1.807) is 14.2 Å². The SMILES string of the molecule is COc1ccc(C[C@H](C)NC(C)=O)cc1OC. The first-order valence-electron chi connectivity index (χ1n) is 5.54. The summed E-state index contributed by atoms with van der Waals surface area (Å²) >= 11 is 0. The van der Waals surface area contributed by atoms with Crippen LogP contribution < -0.4 is 14.8 Å². The van der Waals surface area contributed by atoms with Crippen molar-refractivity contribution in [1.82, 2.24) is 5.32 Å². The van der Waals surface area contributed by atoms with Gasteiger partial charge in [0.2, 0.25) is 5.91 Å². The molecule has 1 atom stereocenters. The predicted octanol–water partition coefficient (Wildman–Crippen LogP) is 1.77. The molecule has 0 radical (unpaired) electrons. The molecule has 94 valence electrons. The van der Waals surface area contributed by atoms with Gasteiger partial charge in [-0.25, -0.2) is 0 Å². The van der Waals surface area contributed by atoms with Gasteiger partial charge in [-0.15, -0.1) is 0 Å². The van der Waals surface area contributed by atoms with Crippen molar-refractivity contribution in [2.45, 2.75) is 26.3 Å². The van der Waals surface area contributed by atoms with Gasteiger partial charge >= 0.3 is 0 Å². The molecular formula is C13H19NO3. The third-order valence-corrected chi connectivity index (χ3v) is 2.44. The second-order valence-corrected chi connectivity index (χ2v) is 4.00. The van der Waals surface area contributed by atoms with Gasteiger partial charge in [0.05, 0.1) is 14.2 Å². The van der Waals surface area contributed by atoms with Gasteiger partial charge in [0.1, 0.15) is 0 Å². The zero-order valence-electron chi connectivity index (χ0n) is 10.7. The molecule has 1 N–H and O–H groups in total. The number of hydrogen-bond donors (Lipinski definition) is 1. The highest BCUT2D eigenvalue weighted by molar-refractivity contribution is 5.73. The molecule has 0 unspecified atom stereocenters. The zero-order valence-corrected chi connectivity index (χ0v) is 10.7. The third-order valence-electron chi connectivity index (χ3n) is 2.44. The van der Waals surface area contributed by atoms with Crippen LogP contribution in [0.25, 0.3) is 0 Å². The van der Waals surface area contributed by atoms with Crippen molar-refractivity contribution in [2.24, 2.45) is 0 Å². The van der Waals surface area contributed by atoms with E-state index in [9.17, 15) is 4.79 Å².